The van der Waals surface area contributed by atoms with Crippen LogP contribution in [-0.2, 0) is 15.8 Å². The summed E-state index contributed by atoms with van der Waals surface area (Å²) in [4.78, 5) is 8.46. The number of aromatic nitrogens is 2. The second-order valence-corrected chi connectivity index (χ2v) is 8.66. The van der Waals surface area contributed by atoms with Gasteiger partial charge in [0.15, 0.2) is 0 Å². The van der Waals surface area contributed by atoms with Crippen molar-refractivity contribution in [1.82, 2.24) is 9.97 Å². The molecule has 1 aromatic heterocycles. The zero-order chi connectivity index (χ0) is 19.4. The first kappa shape index (κ1) is 18.1. The molecule has 5 rings (SSSR count). The van der Waals surface area contributed by atoms with Crippen LogP contribution in [0, 0.1) is 0 Å². The van der Waals surface area contributed by atoms with Crippen LogP contribution in [-0.4, -0.2) is 28.3 Å². The lowest BCUT2D eigenvalue weighted by Crippen LogP contribution is -2.30. The molecular formula is C22H24ClN3O2. The molecule has 2 aliphatic carbocycles. The molecule has 28 heavy (non-hydrogen) atoms. The van der Waals surface area contributed by atoms with Gasteiger partial charge >= 0.3 is 0 Å². The van der Waals surface area contributed by atoms with E-state index < -0.39 is 5.60 Å². The van der Waals surface area contributed by atoms with Crippen LogP contribution in [0.5, 0.6) is 0 Å². The Morgan fingerprint density at radius 1 is 1.11 bits per heavy atom. The summed E-state index contributed by atoms with van der Waals surface area (Å²) in [5.74, 6) is 0.209. The molecule has 0 radical (unpaired) electrons. The van der Waals surface area contributed by atoms with Gasteiger partial charge in [-0.3, -0.25) is 0 Å². The Balaban J connectivity index is 1.69. The molecule has 146 valence electrons. The van der Waals surface area contributed by atoms with Crippen molar-refractivity contribution in [2.45, 2.75) is 49.5 Å². The number of benzene rings is 1. The van der Waals surface area contributed by atoms with E-state index >= 15 is 0 Å². The lowest BCUT2D eigenvalue weighted by Gasteiger charge is -2.33. The maximum atomic E-state index is 11.1. The molecule has 0 atom stereocenters. The van der Waals surface area contributed by atoms with Crippen LogP contribution in [0.2, 0.25) is 5.02 Å². The zero-order valence-corrected chi connectivity index (χ0v) is 16.5. The number of allylic oxidation sites excluding steroid dienone is 1. The van der Waals surface area contributed by atoms with Crippen molar-refractivity contribution in [3.05, 3.63) is 57.9 Å². The molecule has 3 aliphatic rings. The molecule has 1 saturated heterocycles. The first-order chi connectivity index (χ1) is 13.5. The van der Waals surface area contributed by atoms with E-state index in [0.717, 1.165) is 68.4 Å². The average molecular weight is 398 g/mol. The fraction of sp³-hybridized carbons (Fsp3) is 0.455. The van der Waals surface area contributed by atoms with Gasteiger partial charge in [0.05, 0.1) is 22.5 Å². The van der Waals surface area contributed by atoms with Gasteiger partial charge in [0.1, 0.15) is 0 Å². The van der Waals surface area contributed by atoms with Gasteiger partial charge in [0, 0.05) is 24.2 Å². The number of anilines is 1. The minimum atomic E-state index is -0.736. The molecule has 0 unspecified atom stereocenters. The molecule has 6 heteroatoms. The van der Waals surface area contributed by atoms with E-state index in [1.54, 1.807) is 6.20 Å². The van der Waals surface area contributed by atoms with Crippen molar-refractivity contribution in [3.8, 4) is 0 Å². The van der Waals surface area contributed by atoms with Crippen molar-refractivity contribution >= 4 is 23.1 Å². The van der Waals surface area contributed by atoms with Crippen molar-refractivity contribution in [1.29, 1.82) is 0 Å². The number of ether oxygens (including phenoxy) is 1. The maximum absolute atomic E-state index is 11.1. The minimum Gasteiger partial charge on any atom is -0.385 e. The summed E-state index contributed by atoms with van der Waals surface area (Å²) in [6.45, 7) is 1.46. The highest BCUT2D eigenvalue weighted by molar-refractivity contribution is 6.32. The summed E-state index contributed by atoms with van der Waals surface area (Å²) in [6, 6.07) is 6.44. The number of hydrogen-bond acceptors (Lipinski definition) is 5. The molecule has 0 bridgehead atoms. The lowest BCUT2D eigenvalue weighted by atomic mass is 9.75. The van der Waals surface area contributed by atoms with Crippen LogP contribution in [0.1, 0.15) is 60.9 Å². The summed E-state index contributed by atoms with van der Waals surface area (Å²) in [5, 5.41) is 11.6. The quantitative estimate of drug-likeness (QED) is 0.801. The van der Waals surface area contributed by atoms with Gasteiger partial charge in [-0.05, 0) is 48.4 Å². The number of nitrogen functional groups attached to an aromatic ring is 1. The predicted molar refractivity (Wildman–Crippen MR) is 109 cm³/mol. The van der Waals surface area contributed by atoms with Crippen molar-refractivity contribution in [2.75, 3.05) is 18.9 Å². The van der Waals surface area contributed by atoms with Gasteiger partial charge in [-0.25, -0.2) is 9.97 Å². The molecule has 5 nitrogen and oxygen atoms in total. The first-order valence-electron chi connectivity index (χ1n) is 9.98. The number of nitrogens with zero attached hydrogens (tertiary/aromatic N) is 2. The molecular weight excluding hydrogens is 374 g/mol. The largest absolute Gasteiger partial charge is 0.385 e. The summed E-state index contributed by atoms with van der Waals surface area (Å²) in [5.41, 5.74) is 10.0. The van der Waals surface area contributed by atoms with Crippen LogP contribution < -0.4 is 5.73 Å². The Morgan fingerprint density at radius 3 is 2.61 bits per heavy atom. The fourth-order valence-corrected chi connectivity index (χ4v) is 5.28. The zero-order valence-electron chi connectivity index (χ0n) is 15.7. The van der Waals surface area contributed by atoms with Crippen LogP contribution in [0.25, 0.3) is 5.57 Å². The molecule has 1 aliphatic heterocycles. The van der Waals surface area contributed by atoms with Crippen molar-refractivity contribution in [2.24, 2.45) is 0 Å². The molecule has 2 aromatic rings. The number of fused-ring (bicyclic) bond motifs is 2. The van der Waals surface area contributed by atoms with Gasteiger partial charge < -0.3 is 15.6 Å². The van der Waals surface area contributed by atoms with E-state index in [-0.39, 0.29) is 11.4 Å². The van der Waals surface area contributed by atoms with E-state index in [9.17, 15) is 5.11 Å². The highest BCUT2D eigenvalue weighted by Gasteiger charge is 2.42. The number of aliphatic hydroxyl groups is 1. The standard InChI is InChI=1S/C22H24ClN3O2/c23-18-13-25-20(24)26-19(18)16-12-21(7-9-28-10-8-21)17-4-3-14(11-15(16)17)22(27)5-1-2-6-22/h3-4,11-13,27H,1-2,5-10H2,(H2,24,25,26). The molecule has 1 spiro atoms. The third kappa shape index (κ3) is 2.76. The Bertz CT molecular complexity index is 960. The Kier molecular flexibility index (Phi) is 4.23. The fourth-order valence-electron chi connectivity index (χ4n) is 5.09. The Labute approximate surface area is 169 Å². The molecule has 1 aromatic carbocycles. The summed E-state index contributed by atoms with van der Waals surface area (Å²) >= 11 is 6.47. The van der Waals surface area contributed by atoms with Gasteiger partial charge in [0.2, 0.25) is 5.95 Å². The second kappa shape index (κ2) is 6.55. The smallest absolute Gasteiger partial charge is 0.220 e. The van der Waals surface area contributed by atoms with Crippen LogP contribution in [0.15, 0.2) is 30.5 Å². The molecule has 1 saturated carbocycles. The normalized spacial score (nSPS) is 22.3. The number of nitrogens with two attached hydrogens (primary N) is 1. The van der Waals surface area contributed by atoms with E-state index in [1.165, 1.54) is 5.56 Å². The van der Waals surface area contributed by atoms with E-state index in [1.807, 2.05) is 0 Å². The van der Waals surface area contributed by atoms with Gasteiger partial charge in [-0.2, -0.15) is 0 Å². The van der Waals surface area contributed by atoms with Crippen LogP contribution in [0.3, 0.4) is 0 Å². The maximum Gasteiger partial charge on any atom is 0.220 e. The number of halogens is 1. The summed E-state index contributed by atoms with van der Waals surface area (Å²) in [7, 11) is 0. The first-order valence-corrected chi connectivity index (χ1v) is 10.4. The third-order valence-electron chi connectivity index (χ3n) is 6.64. The number of rotatable bonds is 2. The van der Waals surface area contributed by atoms with Gasteiger partial charge in [0.25, 0.3) is 0 Å². The van der Waals surface area contributed by atoms with Gasteiger partial charge in [-0.15, -0.1) is 0 Å². The average Bonchev–Trinajstić information content (AvgIpc) is 3.28. The summed E-state index contributed by atoms with van der Waals surface area (Å²) in [6.07, 6.45) is 9.43. The Hall–Kier alpha value is -1.95. The topological polar surface area (TPSA) is 81.3 Å². The minimum absolute atomic E-state index is 0.0806. The molecule has 2 heterocycles. The highest BCUT2D eigenvalue weighted by Crippen LogP contribution is 2.51. The lowest BCUT2D eigenvalue weighted by molar-refractivity contribution is 0.0443. The molecule has 0 amide bonds. The highest BCUT2D eigenvalue weighted by atomic mass is 35.5. The van der Waals surface area contributed by atoms with E-state index in [4.69, 9.17) is 22.1 Å². The molecule has 3 N–H and O–H groups in total. The van der Waals surface area contributed by atoms with Crippen LogP contribution in [0.4, 0.5) is 5.95 Å². The second-order valence-electron chi connectivity index (χ2n) is 8.25. The molecule has 2 fully saturated rings. The summed E-state index contributed by atoms with van der Waals surface area (Å²) < 4.78 is 5.64. The number of hydrogen-bond donors (Lipinski definition) is 2. The third-order valence-corrected chi connectivity index (χ3v) is 6.91. The monoisotopic (exact) mass is 397 g/mol. The SMILES string of the molecule is Nc1ncc(Cl)c(C2=CC3(CCOCC3)c3ccc(C4(O)CCCC4)cc32)n1. The van der Waals surface area contributed by atoms with E-state index in [2.05, 4.69) is 34.2 Å². The van der Waals surface area contributed by atoms with Crippen LogP contribution >= 0.6 is 11.6 Å². The van der Waals surface area contributed by atoms with Crippen molar-refractivity contribution < 1.29 is 9.84 Å². The Morgan fingerprint density at radius 2 is 1.86 bits per heavy atom. The van der Waals surface area contributed by atoms with Crippen molar-refractivity contribution in [3.63, 3.8) is 0 Å². The van der Waals surface area contributed by atoms with E-state index in [0.29, 0.717) is 10.7 Å². The predicted octanol–water partition coefficient (Wildman–Crippen LogP) is 3.97. The van der Waals surface area contributed by atoms with Gasteiger partial charge in [-0.1, -0.05) is 42.7 Å².